The van der Waals surface area contributed by atoms with Crippen molar-refractivity contribution in [2.75, 3.05) is 6.61 Å². The summed E-state index contributed by atoms with van der Waals surface area (Å²) in [6.07, 6.45) is 1.58. The van der Waals surface area contributed by atoms with Crippen LogP contribution in [0.1, 0.15) is 29.8 Å². The van der Waals surface area contributed by atoms with E-state index < -0.39 is 0 Å². The standard InChI is InChI=1S/C15H13BrFNO2S/c1-2-20-15(19)9-4-6-12-13(9)18-14(21-12)8-3-5-10(16)11(17)7-8/h3,5,7,9H,2,4,6H2,1H3. The second-order valence-corrected chi connectivity index (χ2v) is 6.74. The molecule has 1 heterocycles. The minimum absolute atomic E-state index is 0.213. The third-order valence-corrected chi connectivity index (χ3v) is 5.28. The van der Waals surface area contributed by atoms with Crippen LogP contribution in [0.3, 0.4) is 0 Å². The number of nitrogens with zero attached hydrogens (tertiary/aromatic N) is 1. The molecule has 6 heteroatoms. The topological polar surface area (TPSA) is 39.2 Å². The number of hydrogen-bond donors (Lipinski definition) is 0. The van der Waals surface area contributed by atoms with E-state index in [1.807, 2.05) is 6.07 Å². The molecule has 1 unspecified atom stereocenters. The van der Waals surface area contributed by atoms with Crippen molar-refractivity contribution in [3.63, 3.8) is 0 Å². The molecule has 1 aliphatic rings. The lowest BCUT2D eigenvalue weighted by Crippen LogP contribution is -2.14. The Labute approximate surface area is 134 Å². The molecule has 21 heavy (non-hydrogen) atoms. The van der Waals surface area contributed by atoms with Crippen molar-refractivity contribution in [1.82, 2.24) is 4.98 Å². The smallest absolute Gasteiger partial charge is 0.315 e. The summed E-state index contributed by atoms with van der Waals surface area (Å²) < 4.78 is 19.2. The van der Waals surface area contributed by atoms with Gasteiger partial charge >= 0.3 is 5.97 Å². The van der Waals surface area contributed by atoms with Crippen LogP contribution in [0.25, 0.3) is 10.6 Å². The highest BCUT2D eigenvalue weighted by Crippen LogP contribution is 2.40. The van der Waals surface area contributed by atoms with E-state index in [0.717, 1.165) is 34.0 Å². The van der Waals surface area contributed by atoms with E-state index in [0.29, 0.717) is 11.1 Å². The summed E-state index contributed by atoms with van der Waals surface area (Å²) in [5.74, 6) is -0.801. The van der Waals surface area contributed by atoms with Crippen molar-refractivity contribution in [2.45, 2.75) is 25.7 Å². The molecular weight excluding hydrogens is 357 g/mol. The van der Waals surface area contributed by atoms with E-state index in [2.05, 4.69) is 20.9 Å². The molecule has 0 saturated carbocycles. The van der Waals surface area contributed by atoms with Gasteiger partial charge in [-0.25, -0.2) is 9.37 Å². The highest BCUT2D eigenvalue weighted by Gasteiger charge is 2.33. The van der Waals surface area contributed by atoms with Gasteiger partial charge < -0.3 is 4.74 Å². The molecule has 1 aromatic carbocycles. The molecule has 1 aliphatic carbocycles. The minimum Gasteiger partial charge on any atom is -0.465 e. The Morgan fingerprint density at radius 3 is 3.10 bits per heavy atom. The van der Waals surface area contributed by atoms with Gasteiger partial charge in [-0.05, 0) is 47.8 Å². The summed E-state index contributed by atoms with van der Waals surface area (Å²) in [7, 11) is 0. The van der Waals surface area contributed by atoms with Crippen LogP contribution in [-0.2, 0) is 16.0 Å². The number of aryl methyl sites for hydroxylation is 1. The molecule has 0 bridgehead atoms. The number of carbonyl (C=O) groups is 1. The van der Waals surface area contributed by atoms with Gasteiger partial charge in [-0.2, -0.15) is 0 Å². The summed E-state index contributed by atoms with van der Waals surface area (Å²) in [6.45, 7) is 2.17. The number of rotatable bonds is 3. The number of halogens is 2. The number of benzene rings is 1. The fraction of sp³-hybridized carbons (Fsp3) is 0.333. The molecule has 0 fully saturated rings. The lowest BCUT2D eigenvalue weighted by molar-refractivity contribution is -0.145. The molecule has 2 aromatic rings. The Balaban J connectivity index is 1.92. The van der Waals surface area contributed by atoms with Crippen LogP contribution in [0.2, 0.25) is 0 Å². The van der Waals surface area contributed by atoms with Crippen molar-refractivity contribution in [2.24, 2.45) is 0 Å². The molecule has 0 radical (unpaired) electrons. The lowest BCUT2D eigenvalue weighted by atomic mass is 10.1. The average molecular weight is 370 g/mol. The Kier molecular flexibility index (Phi) is 4.08. The van der Waals surface area contributed by atoms with Gasteiger partial charge in [0.1, 0.15) is 16.7 Å². The second kappa shape index (κ2) is 5.85. The van der Waals surface area contributed by atoms with Crippen LogP contribution >= 0.6 is 27.3 Å². The van der Waals surface area contributed by atoms with Crippen LogP contribution in [-0.4, -0.2) is 17.6 Å². The van der Waals surface area contributed by atoms with E-state index in [-0.39, 0.29) is 17.7 Å². The number of aromatic nitrogens is 1. The van der Waals surface area contributed by atoms with Gasteiger partial charge in [0.15, 0.2) is 0 Å². The van der Waals surface area contributed by atoms with Crippen LogP contribution in [0.4, 0.5) is 4.39 Å². The van der Waals surface area contributed by atoms with E-state index in [9.17, 15) is 9.18 Å². The molecule has 0 aliphatic heterocycles. The first-order valence-electron chi connectivity index (χ1n) is 6.71. The SMILES string of the molecule is CCOC(=O)C1CCc2sc(-c3ccc(Br)c(F)c3)nc21. The number of esters is 1. The van der Waals surface area contributed by atoms with Crippen LogP contribution in [0, 0.1) is 5.82 Å². The molecule has 0 amide bonds. The van der Waals surface area contributed by atoms with Gasteiger partial charge in [0.25, 0.3) is 0 Å². The van der Waals surface area contributed by atoms with Crippen LogP contribution < -0.4 is 0 Å². The predicted molar refractivity (Wildman–Crippen MR) is 82.9 cm³/mol. The Hall–Kier alpha value is -1.27. The highest BCUT2D eigenvalue weighted by molar-refractivity contribution is 9.10. The van der Waals surface area contributed by atoms with Crippen molar-refractivity contribution >= 4 is 33.2 Å². The van der Waals surface area contributed by atoms with Gasteiger partial charge in [0, 0.05) is 10.4 Å². The van der Waals surface area contributed by atoms with Crippen LogP contribution in [0.15, 0.2) is 22.7 Å². The largest absolute Gasteiger partial charge is 0.465 e. The van der Waals surface area contributed by atoms with Gasteiger partial charge in [0.2, 0.25) is 0 Å². The fourth-order valence-corrected chi connectivity index (χ4v) is 3.83. The van der Waals surface area contributed by atoms with Crippen molar-refractivity contribution in [3.05, 3.63) is 39.1 Å². The van der Waals surface area contributed by atoms with Gasteiger partial charge in [-0.1, -0.05) is 6.07 Å². The van der Waals surface area contributed by atoms with Crippen LogP contribution in [0.5, 0.6) is 0 Å². The summed E-state index contributed by atoms with van der Waals surface area (Å²) in [5.41, 5.74) is 1.54. The Morgan fingerprint density at radius 1 is 1.57 bits per heavy atom. The van der Waals surface area contributed by atoms with E-state index in [1.54, 1.807) is 13.0 Å². The third kappa shape index (κ3) is 2.74. The lowest BCUT2D eigenvalue weighted by Gasteiger charge is -2.07. The number of carbonyl (C=O) groups excluding carboxylic acids is 1. The Bertz CT molecular complexity index is 701. The zero-order valence-corrected chi connectivity index (χ0v) is 13.8. The molecule has 0 N–H and O–H groups in total. The average Bonchev–Trinajstić information content (AvgIpc) is 3.01. The summed E-state index contributed by atoms with van der Waals surface area (Å²) in [6, 6.07) is 4.94. The highest BCUT2D eigenvalue weighted by atomic mass is 79.9. The van der Waals surface area contributed by atoms with E-state index in [1.165, 1.54) is 17.4 Å². The molecule has 110 valence electrons. The number of ether oxygens (including phenoxy) is 1. The van der Waals surface area contributed by atoms with Crippen molar-refractivity contribution < 1.29 is 13.9 Å². The quantitative estimate of drug-likeness (QED) is 0.756. The van der Waals surface area contributed by atoms with E-state index >= 15 is 0 Å². The normalized spacial score (nSPS) is 16.8. The number of fused-ring (bicyclic) bond motifs is 1. The minimum atomic E-state index is -0.315. The second-order valence-electron chi connectivity index (χ2n) is 4.80. The van der Waals surface area contributed by atoms with Gasteiger partial charge in [0.05, 0.1) is 16.8 Å². The first-order chi connectivity index (χ1) is 10.1. The molecule has 3 rings (SSSR count). The van der Waals surface area contributed by atoms with Gasteiger partial charge in [-0.15, -0.1) is 11.3 Å². The number of thiazole rings is 1. The zero-order valence-electron chi connectivity index (χ0n) is 11.4. The monoisotopic (exact) mass is 369 g/mol. The first kappa shape index (κ1) is 14.7. The molecule has 1 atom stereocenters. The third-order valence-electron chi connectivity index (χ3n) is 3.46. The molecular formula is C15H13BrFNO2S. The molecule has 3 nitrogen and oxygen atoms in total. The predicted octanol–water partition coefficient (Wildman–Crippen LogP) is 4.30. The maximum absolute atomic E-state index is 13.6. The van der Waals surface area contributed by atoms with Crippen molar-refractivity contribution in [3.8, 4) is 10.6 Å². The maximum atomic E-state index is 13.6. The van der Waals surface area contributed by atoms with E-state index in [4.69, 9.17) is 4.74 Å². The summed E-state index contributed by atoms with van der Waals surface area (Å²) >= 11 is 4.67. The summed E-state index contributed by atoms with van der Waals surface area (Å²) in [4.78, 5) is 17.6. The van der Waals surface area contributed by atoms with Gasteiger partial charge in [-0.3, -0.25) is 4.79 Å². The molecule has 0 spiro atoms. The fourth-order valence-electron chi connectivity index (χ4n) is 2.45. The maximum Gasteiger partial charge on any atom is 0.315 e. The Morgan fingerprint density at radius 2 is 2.38 bits per heavy atom. The molecule has 1 aromatic heterocycles. The molecule has 0 saturated heterocycles. The van der Waals surface area contributed by atoms with Crippen molar-refractivity contribution in [1.29, 1.82) is 0 Å². The number of hydrogen-bond acceptors (Lipinski definition) is 4. The zero-order chi connectivity index (χ0) is 15.0. The first-order valence-corrected chi connectivity index (χ1v) is 8.32. The summed E-state index contributed by atoms with van der Waals surface area (Å²) in [5, 5.41) is 0.750.